The van der Waals surface area contributed by atoms with Crippen LogP contribution in [0.4, 0.5) is 26.3 Å². The molecule has 0 radical (unpaired) electrons. The second-order valence-electron chi connectivity index (χ2n) is 3.69. The minimum absolute atomic E-state index is 0.0721. The number of ether oxygens (including phenoxy) is 1. The van der Waals surface area contributed by atoms with E-state index < -0.39 is 30.5 Å². The van der Waals surface area contributed by atoms with Gasteiger partial charge in [0.05, 0.1) is 6.04 Å². The van der Waals surface area contributed by atoms with Gasteiger partial charge in [-0.25, -0.2) is 0 Å². The van der Waals surface area contributed by atoms with Crippen LogP contribution in [0.2, 0.25) is 0 Å². The number of rotatable bonds is 5. The van der Waals surface area contributed by atoms with Gasteiger partial charge in [-0.2, -0.15) is 26.3 Å². The van der Waals surface area contributed by atoms with Crippen LogP contribution in [-0.4, -0.2) is 49.0 Å². The maximum Gasteiger partial charge on any atom is 0.439 e. The molecule has 0 rings (SSSR count). The highest BCUT2D eigenvalue weighted by molar-refractivity contribution is 5.39. The minimum Gasteiger partial charge on any atom is -0.440 e. The van der Waals surface area contributed by atoms with Gasteiger partial charge < -0.3 is 4.74 Å². The highest BCUT2D eigenvalue weighted by atomic mass is 19.4. The Bertz CT molecular complexity index is 274. The number of alkyl halides is 6. The fourth-order valence-corrected chi connectivity index (χ4v) is 1.53. The van der Waals surface area contributed by atoms with Gasteiger partial charge >= 0.3 is 18.0 Å². The summed E-state index contributed by atoms with van der Waals surface area (Å²) in [5.74, 6) is 0. The van der Waals surface area contributed by atoms with E-state index in [2.05, 4.69) is 4.74 Å². The third-order valence-corrected chi connectivity index (χ3v) is 2.82. The second-order valence-corrected chi connectivity index (χ2v) is 3.69. The zero-order valence-corrected chi connectivity index (χ0v) is 9.89. The monoisotopic (exact) mass is 281 g/mol. The molecule has 0 heterocycles. The topological polar surface area (TPSA) is 29.5 Å². The van der Waals surface area contributed by atoms with Gasteiger partial charge in [0.1, 0.15) is 0 Å². The molecule has 0 aromatic carbocycles. The molecule has 0 saturated carbocycles. The van der Waals surface area contributed by atoms with Gasteiger partial charge in [0.25, 0.3) is 6.47 Å². The Morgan fingerprint density at radius 3 is 1.78 bits per heavy atom. The molecule has 0 bridgehead atoms. The van der Waals surface area contributed by atoms with Crippen LogP contribution in [0.25, 0.3) is 0 Å². The summed E-state index contributed by atoms with van der Waals surface area (Å²) in [7, 11) is 1.07. The Hall–Kier alpha value is -0.990. The number of carbonyl (C=O) groups excluding carboxylic acids is 1. The third-order valence-electron chi connectivity index (χ3n) is 2.82. The van der Waals surface area contributed by atoms with Crippen molar-refractivity contribution in [3.63, 3.8) is 0 Å². The van der Waals surface area contributed by atoms with Crippen molar-refractivity contribution in [2.24, 2.45) is 0 Å². The molecule has 0 aliphatic carbocycles. The fourth-order valence-electron chi connectivity index (χ4n) is 1.53. The maximum atomic E-state index is 12.8. The quantitative estimate of drug-likeness (QED) is 0.572. The van der Waals surface area contributed by atoms with E-state index in [-0.39, 0.29) is 6.54 Å². The first-order chi connectivity index (χ1) is 7.95. The van der Waals surface area contributed by atoms with E-state index in [1.807, 2.05) is 0 Å². The van der Waals surface area contributed by atoms with E-state index in [1.165, 1.54) is 6.92 Å². The lowest BCUT2D eigenvalue weighted by atomic mass is 9.92. The predicted molar refractivity (Wildman–Crippen MR) is 49.8 cm³/mol. The molecule has 0 aliphatic rings. The molecule has 0 N–H and O–H groups in total. The smallest absolute Gasteiger partial charge is 0.439 e. The largest absolute Gasteiger partial charge is 0.440 e. The van der Waals surface area contributed by atoms with Crippen molar-refractivity contribution >= 4 is 6.47 Å². The van der Waals surface area contributed by atoms with Crippen LogP contribution in [0.1, 0.15) is 13.8 Å². The lowest BCUT2D eigenvalue weighted by Gasteiger charge is -2.42. The van der Waals surface area contributed by atoms with Crippen LogP contribution in [0.3, 0.4) is 0 Å². The Labute approximate surface area is 99.7 Å². The Kier molecular flexibility index (Phi) is 5.04. The highest BCUT2D eigenvalue weighted by Gasteiger charge is 2.76. The van der Waals surface area contributed by atoms with Crippen molar-refractivity contribution in [1.29, 1.82) is 0 Å². The number of halogens is 6. The van der Waals surface area contributed by atoms with Crippen molar-refractivity contribution in [3.8, 4) is 0 Å². The summed E-state index contributed by atoms with van der Waals surface area (Å²) in [6.45, 7) is 1.18. The molecule has 1 atom stereocenters. The molecule has 0 amide bonds. The van der Waals surface area contributed by atoms with Gasteiger partial charge in [0, 0.05) is 0 Å². The molecular weight excluding hydrogens is 268 g/mol. The van der Waals surface area contributed by atoms with Gasteiger partial charge in [-0.05, 0) is 20.5 Å². The van der Waals surface area contributed by atoms with Crippen LogP contribution in [-0.2, 0) is 9.53 Å². The van der Waals surface area contributed by atoms with Crippen LogP contribution < -0.4 is 0 Å². The molecule has 0 aromatic rings. The van der Waals surface area contributed by atoms with Crippen LogP contribution in [0.15, 0.2) is 0 Å². The Morgan fingerprint density at radius 2 is 1.56 bits per heavy atom. The van der Waals surface area contributed by atoms with E-state index in [0.29, 0.717) is 6.92 Å². The molecule has 0 spiro atoms. The van der Waals surface area contributed by atoms with Crippen molar-refractivity contribution in [2.45, 2.75) is 37.8 Å². The summed E-state index contributed by atoms with van der Waals surface area (Å²) in [5, 5.41) is 0. The number of likely N-dealkylation sites (N-methyl/N-ethyl adjacent to an activating group) is 1. The summed E-state index contributed by atoms with van der Waals surface area (Å²) < 4.78 is 80.1. The third kappa shape index (κ3) is 2.70. The molecule has 0 fully saturated rings. The SMILES string of the molecule is CCN(C)C(C)C(OC=O)(C(F)(F)F)C(F)(F)F. The lowest BCUT2D eigenvalue weighted by molar-refractivity contribution is -0.380. The van der Waals surface area contributed by atoms with Crippen LogP contribution in [0, 0.1) is 0 Å². The van der Waals surface area contributed by atoms with Crippen molar-refractivity contribution in [1.82, 2.24) is 4.90 Å². The molecule has 9 heteroatoms. The normalized spacial score (nSPS) is 15.7. The summed E-state index contributed by atoms with van der Waals surface area (Å²) in [6, 6.07) is -2.10. The zero-order chi connectivity index (χ0) is 14.8. The van der Waals surface area contributed by atoms with E-state index >= 15 is 0 Å². The first-order valence-corrected chi connectivity index (χ1v) is 4.90. The average Bonchev–Trinajstić information content (AvgIpc) is 2.20. The van der Waals surface area contributed by atoms with E-state index in [0.717, 1.165) is 11.9 Å². The first-order valence-electron chi connectivity index (χ1n) is 4.90. The number of nitrogens with zero attached hydrogens (tertiary/aromatic N) is 1. The molecule has 108 valence electrons. The van der Waals surface area contributed by atoms with Gasteiger partial charge in [-0.3, -0.25) is 9.69 Å². The molecule has 0 aromatic heterocycles. The average molecular weight is 281 g/mol. The molecule has 0 saturated heterocycles. The molecular formula is C9H13F6NO2. The number of hydrogen-bond donors (Lipinski definition) is 0. The van der Waals surface area contributed by atoms with Gasteiger partial charge in [0.2, 0.25) is 0 Å². The van der Waals surface area contributed by atoms with Crippen molar-refractivity contribution in [3.05, 3.63) is 0 Å². The fraction of sp³-hybridized carbons (Fsp3) is 0.889. The standard InChI is InChI=1S/C9H13F6NO2/c1-4-16(3)6(2)7(18-5-17,8(10,11)12)9(13,14)15/h5-6H,4H2,1-3H3. The zero-order valence-electron chi connectivity index (χ0n) is 9.89. The Morgan fingerprint density at radius 1 is 1.17 bits per heavy atom. The van der Waals surface area contributed by atoms with Crippen molar-refractivity contribution < 1.29 is 35.9 Å². The number of carbonyl (C=O) groups is 1. The number of hydrogen-bond acceptors (Lipinski definition) is 3. The summed E-state index contributed by atoms with van der Waals surface area (Å²) in [5.41, 5.74) is -4.54. The lowest BCUT2D eigenvalue weighted by Crippen LogP contribution is -2.68. The van der Waals surface area contributed by atoms with Gasteiger partial charge in [-0.1, -0.05) is 6.92 Å². The first kappa shape index (κ1) is 17.0. The Balaban J connectivity index is 5.86. The molecule has 0 aliphatic heterocycles. The molecule has 1 unspecified atom stereocenters. The van der Waals surface area contributed by atoms with Crippen LogP contribution >= 0.6 is 0 Å². The molecule has 3 nitrogen and oxygen atoms in total. The van der Waals surface area contributed by atoms with Gasteiger partial charge in [0.15, 0.2) is 0 Å². The predicted octanol–water partition coefficient (Wildman–Crippen LogP) is 2.36. The second kappa shape index (κ2) is 5.33. The van der Waals surface area contributed by atoms with E-state index in [9.17, 15) is 31.1 Å². The van der Waals surface area contributed by atoms with E-state index in [4.69, 9.17) is 0 Å². The van der Waals surface area contributed by atoms with Crippen molar-refractivity contribution in [2.75, 3.05) is 13.6 Å². The van der Waals surface area contributed by atoms with Crippen LogP contribution in [0.5, 0.6) is 0 Å². The minimum atomic E-state index is -5.77. The maximum absolute atomic E-state index is 12.8. The highest BCUT2D eigenvalue weighted by Crippen LogP contribution is 2.48. The van der Waals surface area contributed by atoms with Gasteiger partial charge in [-0.15, -0.1) is 0 Å². The summed E-state index contributed by atoms with van der Waals surface area (Å²) in [4.78, 5) is 10.9. The summed E-state index contributed by atoms with van der Waals surface area (Å²) >= 11 is 0. The molecule has 18 heavy (non-hydrogen) atoms. The van der Waals surface area contributed by atoms with E-state index in [1.54, 1.807) is 0 Å². The summed E-state index contributed by atoms with van der Waals surface area (Å²) in [6.07, 6.45) is -11.5.